The van der Waals surface area contributed by atoms with Gasteiger partial charge in [0.1, 0.15) is 6.61 Å². The molecule has 0 spiro atoms. The Bertz CT molecular complexity index is 762. The third kappa shape index (κ3) is 2.28. The van der Waals surface area contributed by atoms with E-state index in [1.807, 2.05) is 55.5 Å². The number of nitrogens with one attached hydrogen (secondary N) is 1. The third-order valence-electron chi connectivity index (χ3n) is 3.28. The van der Waals surface area contributed by atoms with Gasteiger partial charge in [-0.25, -0.2) is 4.79 Å². The van der Waals surface area contributed by atoms with Crippen molar-refractivity contribution in [1.29, 1.82) is 0 Å². The molecule has 100 valence electrons. The molecule has 0 unspecified atom stereocenters. The van der Waals surface area contributed by atoms with Crippen molar-refractivity contribution >= 4 is 16.9 Å². The summed E-state index contributed by atoms with van der Waals surface area (Å²) in [4.78, 5) is 12.1. The van der Waals surface area contributed by atoms with Crippen LogP contribution < -0.4 is 0 Å². The van der Waals surface area contributed by atoms with Crippen molar-refractivity contribution in [1.82, 2.24) is 10.2 Å². The maximum Gasteiger partial charge on any atom is 0.359 e. The second-order valence-electron chi connectivity index (χ2n) is 4.62. The Hall–Kier alpha value is -2.62. The van der Waals surface area contributed by atoms with Gasteiger partial charge in [0.25, 0.3) is 0 Å². The number of aromatic amines is 1. The largest absolute Gasteiger partial charge is 0.456 e. The fraction of sp³-hybridized carbons (Fsp3) is 0.125. The maximum absolute atomic E-state index is 12.1. The Morgan fingerprint density at radius 1 is 1.15 bits per heavy atom. The SMILES string of the molecule is Cc1ccccc1COC(=O)c1n[nH]c2ccccc12. The first kappa shape index (κ1) is 12.4. The Morgan fingerprint density at radius 3 is 2.75 bits per heavy atom. The molecule has 0 saturated carbocycles. The summed E-state index contributed by atoms with van der Waals surface area (Å²) < 4.78 is 5.34. The topological polar surface area (TPSA) is 55.0 Å². The predicted molar refractivity (Wildman–Crippen MR) is 76.4 cm³/mol. The lowest BCUT2D eigenvalue weighted by Gasteiger charge is -2.06. The van der Waals surface area contributed by atoms with Gasteiger partial charge in [-0.15, -0.1) is 0 Å². The van der Waals surface area contributed by atoms with Gasteiger partial charge in [0, 0.05) is 5.39 Å². The first-order chi connectivity index (χ1) is 9.75. The molecule has 0 atom stereocenters. The van der Waals surface area contributed by atoms with Crippen LogP contribution in [0.15, 0.2) is 48.5 Å². The van der Waals surface area contributed by atoms with Gasteiger partial charge in [-0.3, -0.25) is 5.10 Å². The highest BCUT2D eigenvalue weighted by Gasteiger charge is 2.15. The molecule has 4 heteroatoms. The number of aromatic nitrogens is 2. The van der Waals surface area contributed by atoms with Crippen LogP contribution in [0, 0.1) is 6.92 Å². The lowest BCUT2D eigenvalue weighted by molar-refractivity contribution is 0.0467. The summed E-state index contributed by atoms with van der Waals surface area (Å²) in [5.41, 5.74) is 3.26. The third-order valence-corrected chi connectivity index (χ3v) is 3.28. The summed E-state index contributed by atoms with van der Waals surface area (Å²) in [5, 5.41) is 7.64. The maximum atomic E-state index is 12.1. The summed E-state index contributed by atoms with van der Waals surface area (Å²) in [7, 11) is 0. The molecule has 0 saturated heterocycles. The minimum absolute atomic E-state index is 0.257. The standard InChI is InChI=1S/C16H14N2O2/c1-11-6-2-3-7-12(11)10-20-16(19)15-13-8-4-5-9-14(13)17-18-15/h2-9H,10H2,1H3,(H,17,18). The molecule has 2 aromatic carbocycles. The van der Waals surface area contributed by atoms with Gasteiger partial charge in [-0.05, 0) is 24.1 Å². The quantitative estimate of drug-likeness (QED) is 0.740. The molecule has 0 radical (unpaired) electrons. The number of para-hydroxylation sites is 1. The molecular weight excluding hydrogens is 252 g/mol. The number of hydrogen-bond donors (Lipinski definition) is 1. The van der Waals surface area contributed by atoms with E-state index in [0.29, 0.717) is 5.69 Å². The van der Waals surface area contributed by atoms with Crippen LogP contribution >= 0.6 is 0 Å². The van der Waals surface area contributed by atoms with Crippen LogP contribution in [0.25, 0.3) is 10.9 Å². The number of rotatable bonds is 3. The van der Waals surface area contributed by atoms with E-state index in [-0.39, 0.29) is 6.61 Å². The van der Waals surface area contributed by atoms with E-state index in [0.717, 1.165) is 22.0 Å². The molecule has 0 fully saturated rings. The zero-order valence-corrected chi connectivity index (χ0v) is 11.1. The zero-order chi connectivity index (χ0) is 13.9. The highest BCUT2D eigenvalue weighted by molar-refractivity contribution is 6.01. The number of ether oxygens (including phenoxy) is 1. The number of fused-ring (bicyclic) bond motifs is 1. The average molecular weight is 266 g/mol. The Morgan fingerprint density at radius 2 is 1.90 bits per heavy atom. The van der Waals surface area contributed by atoms with E-state index >= 15 is 0 Å². The molecule has 0 amide bonds. The molecule has 4 nitrogen and oxygen atoms in total. The first-order valence-corrected chi connectivity index (χ1v) is 6.40. The summed E-state index contributed by atoms with van der Waals surface area (Å²) in [5.74, 6) is -0.411. The van der Waals surface area contributed by atoms with Crippen LogP contribution in [-0.2, 0) is 11.3 Å². The van der Waals surface area contributed by atoms with Crippen LogP contribution in [0.1, 0.15) is 21.6 Å². The second-order valence-corrected chi connectivity index (χ2v) is 4.62. The van der Waals surface area contributed by atoms with Gasteiger partial charge in [0.2, 0.25) is 0 Å². The average Bonchev–Trinajstić information content (AvgIpc) is 2.90. The normalized spacial score (nSPS) is 10.7. The molecule has 0 aliphatic rings. The van der Waals surface area contributed by atoms with Gasteiger partial charge in [0.05, 0.1) is 5.52 Å². The lowest BCUT2D eigenvalue weighted by atomic mass is 10.1. The van der Waals surface area contributed by atoms with Gasteiger partial charge in [-0.2, -0.15) is 5.10 Å². The Labute approximate surface area is 116 Å². The summed E-state index contributed by atoms with van der Waals surface area (Å²) in [6, 6.07) is 15.3. The lowest BCUT2D eigenvalue weighted by Crippen LogP contribution is -2.07. The van der Waals surface area contributed by atoms with E-state index < -0.39 is 5.97 Å². The minimum Gasteiger partial charge on any atom is -0.456 e. The van der Waals surface area contributed by atoms with Crippen molar-refractivity contribution in [3.63, 3.8) is 0 Å². The Balaban J connectivity index is 1.79. The van der Waals surface area contributed by atoms with E-state index in [4.69, 9.17) is 4.74 Å². The van der Waals surface area contributed by atoms with Crippen LogP contribution in [0.2, 0.25) is 0 Å². The molecule has 1 heterocycles. The fourth-order valence-electron chi connectivity index (χ4n) is 2.10. The number of benzene rings is 2. The van der Waals surface area contributed by atoms with Gasteiger partial charge < -0.3 is 4.74 Å². The predicted octanol–water partition coefficient (Wildman–Crippen LogP) is 3.23. The highest BCUT2D eigenvalue weighted by atomic mass is 16.5. The van der Waals surface area contributed by atoms with Gasteiger partial charge >= 0.3 is 5.97 Å². The number of hydrogen-bond acceptors (Lipinski definition) is 3. The van der Waals surface area contributed by atoms with Crippen molar-refractivity contribution < 1.29 is 9.53 Å². The molecule has 3 aromatic rings. The van der Waals surface area contributed by atoms with E-state index in [1.165, 1.54) is 0 Å². The van der Waals surface area contributed by atoms with Crippen molar-refractivity contribution in [3.05, 3.63) is 65.4 Å². The first-order valence-electron chi connectivity index (χ1n) is 6.40. The fourth-order valence-corrected chi connectivity index (χ4v) is 2.10. The monoisotopic (exact) mass is 266 g/mol. The Kier molecular flexibility index (Phi) is 3.21. The van der Waals surface area contributed by atoms with E-state index in [9.17, 15) is 4.79 Å². The number of esters is 1. The molecule has 1 aromatic heterocycles. The molecule has 0 aliphatic heterocycles. The van der Waals surface area contributed by atoms with Crippen LogP contribution in [0.5, 0.6) is 0 Å². The van der Waals surface area contributed by atoms with Crippen LogP contribution in [-0.4, -0.2) is 16.2 Å². The van der Waals surface area contributed by atoms with Gasteiger partial charge in [-0.1, -0.05) is 42.5 Å². The smallest absolute Gasteiger partial charge is 0.359 e. The summed E-state index contributed by atoms with van der Waals surface area (Å²) in [6.45, 7) is 2.25. The van der Waals surface area contributed by atoms with Crippen molar-refractivity contribution in [3.8, 4) is 0 Å². The van der Waals surface area contributed by atoms with E-state index in [2.05, 4.69) is 10.2 Å². The number of carbonyl (C=O) groups is 1. The molecule has 1 N–H and O–H groups in total. The van der Waals surface area contributed by atoms with Crippen molar-refractivity contribution in [2.24, 2.45) is 0 Å². The van der Waals surface area contributed by atoms with Crippen molar-refractivity contribution in [2.75, 3.05) is 0 Å². The number of carbonyl (C=O) groups excluding carboxylic acids is 1. The summed E-state index contributed by atoms with van der Waals surface area (Å²) in [6.07, 6.45) is 0. The zero-order valence-electron chi connectivity index (χ0n) is 11.1. The van der Waals surface area contributed by atoms with Crippen LogP contribution in [0.3, 0.4) is 0 Å². The van der Waals surface area contributed by atoms with E-state index in [1.54, 1.807) is 0 Å². The van der Waals surface area contributed by atoms with Crippen molar-refractivity contribution in [2.45, 2.75) is 13.5 Å². The molecule has 20 heavy (non-hydrogen) atoms. The molecule has 0 bridgehead atoms. The second kappa shape index (κ2) is 5.17. The molecule has 3 rings (SSSR count). The number of H-pyrrole nitrogens is 1. The summed E-state index contributed by atoms with van der Waals surface area (Å²) >= 11 is 0. The number of aryl methyl sites for hydroxylation is 1. The van der Waals surface area contributed by atoms with Crippen LogP contribution in [0.4, 0.5) is 0 Å². The molecular formula is C16H14N2O2. The molecule has 0 aliphatic carbocycles. The highest BCUT2D eigenvalue weighted by Crippen LogP contribution is 2.17. The number of nitrogens with zero attached hydrogens (tertiary/aromatic N) is 1. The van der Waals surface area contributed by atoms with Gasteiger partial charge in [0.15, 0.2) is 5.69 Å². The minimum atomic E-state index is -0.411.